The van der Waals surface area contributed by atoms with Gasteiger partial charge in [0.05, 0.1) is 34.5 Å². The smallest absolute Gasteiger partial charge is 0.352 e. The summed E-state index contributed by atoms with van der Waals surface area (Å²) in [4.78, 5) is 41.0. The number of aromatic carboxylic acids is 1. The van der Waals surface area contributed by atoms with Crippen molar-refractivity contribution in [3.05, 3.63) is 60.3 Å². The first-order chi connectivity index (χ1) is 12.4. The molecular weight excluding hydrogens is 385 g/mol. The lowest BCUT2D eigenvalue weighted by atomic mass is 10.2. The summed E-state index contributed by atoms with van der Waals surface area (Å²) in [5, 5.41) is 9.60. The van der Waals surface area contributed by atoms with E-state index in [0.717, 1.165) is 4.57 Å². The molecule has 0 aliphatic carbocycles. The molecule has 1 aromatic heterocycles. The Labute approximate surface area is 157 Å². The Kier molecular flexibility index (Phi) is 5.47. The van der Waals surface area contributed by atoms with E-state index in [1.165, 1.54) is 12.1 Å². The molecule has 1 aromatic carbocycles. The lowest BCUT2D eigenvalue weighted by Gasteiger charge is -2.26. The molecule has 0 spiro atoms. The summed E-state index contributed by atoms with van der Waals surface area (Å²) < 4.78 is 6.06. The number of carboxylic acids is 1. The highest BCUT2D eigenvalue weighted by molar-refractivity contribution is 6.43. The van der Waals surface area contributed by atoms with Crippen molar-refractivity contribution in [1.29, 1.82) is 0 Å². The number of ether oxygens (including phenoxy) is 1. The van der Waals surface area contributed by atoms with Crippen molar-refractivity contribution < 1.29 is 14.6 Å². The van der Waals surface area contributed by atoms with Crippen molar-refractivity contribution in [2.75, 3.05) is 26.3 Å². The van der Waals surface area contributed by atoms with Gasteiger partial charge in [-0.05, 0) is 12.1 Å². The number of morpholine rings is 1. The minimum absolute atomic E-state index is 0.0298. The van der Waals surface area contributed by atoms with Crippen LogP contribution < -0.4 is 11.2 Å². The molecule has 2 heterocycles. The molecule has 138 valence electrons. The molecule has 2 N–H and O–H groups in total. The summed E-state index contributed by atoms with van der Waals surface area (Å²) in [5.74, 6) is -1.38. The van der Waals surface area contributed by atoms with Crippen LogP contribution in [0.3, 0.4) is 0 Å². The van der Waals surface area contributed by atoms with Crippen molar-refractivity contribution in [2.24, 2.45) is 0 Å². The molecule has 0 radical (unpaired) electrons. The maximum Gasteiger partial charge on any atom is 0.352 e. The fourth-order valence-corrected chi connectivity index (χ4v) is 3.15. The van der Waals surface area contributed by atoms with Crippen LogP contribution >= 0.6 is 23.2 Å². The van der Waals surface area contributed by atoms with E-state index >= 15 is 0 Å². The molecule has 1 saturated heterocycles. The number of hydrogen-bond acceptors (Lipinski definition) is 5. The number of rotatable bonds is 4. The Morgan fingerprint density at radius 1 is 1.23 bits per heavy atom. The SMILES string of the molecule is O=C(O)c1[nH]c(=O)n(-c2cccc(Cl)c2Cl)c(=O)c1CN1CCOCC1. The van der Waals surface area contributed by atoms with Crippen LogP contribution in [-0.4, -0.2) is 51.8 Å². The van der Waals surface area contributed by atoms with Crippen molar-refractivity contribution >= 4 is 29.2 Å². The third-order valence-corrected chi connectivity index (χ3v) is 4.88. The molecule has 0 amide bonds. The molecule has 0 bridgehead atoms. The van der Waals surface area contributed by atoms with E-state index in [-0.39, 0.29) is 27.8 Å². The summed E-state index contributed by atoms with van der Waals surface area (Å²) in [5.41, 5.74) is -2.02. The molecular formula is C16H15Cl2N3O5. The van der Waals surface area contributed by atoms with Crippen LogP contribution in [-0.2, 0) is 11.3 Å². The van der Waals surface area contributed by atoms with Crippen LogP contribution in [0.25, 0.3) is 5.69 Å². The van der Waals surface area contributed by atoms with Crippen LogP contribution in [0.1, 0.15) is 16.1 Å². The van der Waals surface area contributed by atoms with Gasteiger partial charge in [-0.1, -0.05) is 29.3 Å². The first-order valence-corrected chi connectivity index (χ1v) is 8.51. The lowest BCUT2D eigenvalue weighted by molar-refractivity contribution is 0.0336. The first-order valence-electron chi connectivity index (χ1n) is 7.76. The molecule has 3 rings (SSSR count). The molecule has 10 heteroatoms. The van der Waals surface area contributed by atoms with Crippen LogP contribution in [0.15, 0.2) is 27.8 Å². The Bertz CT molecular complexity index is 963. The maximum absolute atomic E-state index is 13.0. The Hall–Kier alpha value is -2.13. The van der Waals surface area contributed by atoms with Gasteiger partial charge in [-0.25, -0.2) is 14.2 Å². The number of aromatic amines is 1. The second-order valence-electron chi connectivity index (χ2n) is 5.69. The summed E-state index contributed by atoms with van der Waals surface area (Å²) in [6.45, 7) is 2.14. The van der Waals surface area contributed by atoms with E-state index in [0.29, 0.717) is 26.3 Å². The summed E-state index contributed by atoms with van der Waals surface area (Å²) in [6, 6.07) is 4.53. The predicted molar refractivity (Wildman–Crippen MR) is 95.7 cm³/mol. The van der Waals surface area contributed by atoms with E-state index in [1.807, 2.05) is 4.90 Å². The van der Waals surface area contributed by atoms with Crippen LogP contribution in [0.4, 0.5) is 0 Å². The van der Waals surface area contributed by atoms with Crippen molar-refractivity contribution in [3.63, 3.8) is 0 Å². The van der Waals surface area contributed by atoms with Crippen molar-refractivity contribution in [3.8, 4) is 5.69 Å². The summed E-state index contributed by atoms with van der Waals surface area (Å²) in [7, 11) is 0. The van der Waals surface area contributed by atoms with E-state index in [4.69, 9.17) is 27.9 Å². The number of halogens is 2. The van der Waals surface area contributed by atoms with E-state index < -0.39 is 22.9 Å². The number of hydrogen-bond donors (Lipinski definition) is 2. The highest BCUT2D eigenvalue weighted by Gasteiger charge is 2.23. The molecule has 1 fully saturated rings. The number of nitrogens with zero attached hydrogens (tertiary/aromatic N) is 2. The maximum atomic E-state index is 13.0. The Morgan fingerprint density at radius 3 is 2.58 bits per heavy atom. The quantitative estimate of drug-likeness (QED) is 0.803. The highest BCUT2D eigenvalue weighted by atomic mass is 35.5. The minimum atomic E-state index is -1.38. The number of benzene rings is 1. The van der Waals surface area contributed by atoms with Crippen molar-refractivity contribution in [1.82, 2.24) is 14.5 Å². The average Bonchev–Trinajstić information content (AvgIpc) is 2.61. The topological polar surface area (TPSA) is 105 Å². The van der Waals surface area contributed by atoms with E-state index in [9.17, 15) is 19.5 Å². The van der Waals surface area contributed by atoms with Gasteiger partial charge in [0, 0.05) is 19.6 Å². The molecule has 26 heavy (non-hydrogen) atoms. The molecule has 0 unspecified atom stereocenters. The lowest BCUT2D eigenvalue weighted by Crippen LogP contribution is -2.43. The van der Waals surface area contributed by atoms with Gasteiger partial charge < -0.3 is 14.8 Å². The van der Waals surface area contributed by atoms with E-state index in [1.54, 1.807) is 6.07 Å². The fourth-order valence-electron chi connectivity index (χ4n) is 2.77. The third-order valence-electron chi connectivity index (χ3n) is 4.07. The van der Waals surface area contributed by atoms with Crippen LogP contribution in [0.2, 0.25) is 10.0 Å². The molecule has 2 aromatic rings. The molecule has 0 saturated carbocycles. The molecule has 1 aliphatic rings. The summed E-state index contributed by atoms with van der Waals surface area (Å²) in [6.07, 6.45) is 0. The first kappa shape index (κ1) is 18.7. The minimum Gasteiger partial charge on any atom is -0.477 e. The van der Waals surface area contributed by atoms with Gasteiger partial charge in [-0.3, -0.25) is 9.69 Å². The Balaban J connectivity index is 2.19. The van der Waals surface area contributed by atoms with Gasteiger partial charge in [0.2, 0.25) is 0 Å². The molecule has 8 nitrogen and oxygen atoms in total. The predicted octanol–water partition coefficient (Wildman–Crippen LogP) is 1.36. The van der Waals surface area contributed by atoms with Gasteiger partial charge in [0.1, 0.15) is 5.69 Å². The van der Waals surface area contributed by atoms with Gasteiger partial charge in [0.25, 0.3) is 5.56 Å². The van der Waals surface area contributed by atoms with Crippen LogP contribution in [0.5, 0.6) is 0 Å². The molecule has 1 aliphatic heterocycles. The zero-order valence-corrected chi connectivity index (χ0v) is 15.0. The monoisotopic (exact) mass is 399 g/mol. The largest absolute Gasteiger partial charge is 0.477 e. The highest BCUT2D eigenvalue weighted by Crippen LogP contribution is 2.27. The van der Waals surface area contributed by atoms with Crippen LogP contribution in [0, 0.1) is 0 Å². The number of carbonyl (C=O) groups is 1. The van der Waals surface area contributed by atoms with Gasteiger partial charge in [-0.15, -0.1) is 0 Å². The summed E-state index contributed by atoms with van der Waals surface area (Å²) >= 11 is 12.1. The second-order valence-corrected chi connectivity index (χ2v) is 6.48. The Morgan fingerprint density at radius 2 is 1.92 bits per heavy atom. The van der Waals surface area contributed by atoms with Gasteiger partial charge >= 0.3 is 11.7 Å². The molecule has 0 atom stereocenters. The standard InChI is InChI=1S/C16H15Cl2N3O5/c17-10-2-1-3-11(12(10)18)21-14(22)9(8-20-4-6-26-7-5-20)13(15(23)24)19-16(21)25/h1-3H,4-8H2,(H,19,25)(H,23,24). The number of carboxylic acid groups (broad SMARTS) is 1. The number of nitrogens with one attached hydrogen (secondary N) is 1. The van der Waals surface area contributed by atoms with Crippen molar-refractivity contribution in [2.45, 2.75) is 6.54 Å². The normalized spacial score (nSPS) is 15.2. The fraction of sp³-hybridized carbons (Fsp3) is 0.312. The van der Waals surface area contributed by atoms with E-state index in [2.05, 4.69) is 4.98 Å². The zero-order chi connectivity index (χ0) is 18.8. The number of H-pyrrole nitrogens is 1. The second kappa shape index (κ2) is 7.63. The average molecular weight is 400 g/mol. The third kappa shape index (κ3) is 3.54. The van der Waals surface area contributed by atoms with Gasteiger partial charge in [-0.2, -0.15) is 0 Å². The number of aromatic nitrogens is 2. The van der Waals surface area contributed by atoms with Gasteiger partial charge in [0.15, 0.2) is 0 Å². The zero-order valence-electron chi connectivity index (χ0n) is 13.5.